The molecule has 1 atom stereocenters. The SMILES string of the molecule is O=C(CSC1=Nc2ccccc2C2=N[C@H](c3ccccc3)C(=O)N12)Nc1ccccc1C(F)(F)F. The Morgan fingerprint density at radius 3 is 2.43 bits per heavy atom. The number of aliphatic imine (C=N–C) groups is 2. The number of nitrogens with one attached hydrogen (secondary N) is 1. The van der Waals surface area contributed by atoms with Crippen LogP contribution in [0.25, 0.3) is 0 Å². The minimum atomic E-state index is -4.60. The standard InChI is InChI=1S/C25H17F3N4O2S/c26-25(27,28)17-11-5-7-13-19(17)29-20(33)14-35-24-30-18-12-6-4-10-16(18)22-31-21(23(34)32(22)24)15-8-2-1-3-9-15/h1-13,21H,14H2,(H,29,33)/t21-/m1/s1. The molecule has 0 unspecified atom stereocenters. The minimum Gasteiger partial charge on any atom is -0.325 e. The van der Waals surface area contributed by atoms with Crippen molar-refractivity contribution in [2.24, 2.45) is 9.98 Å². The van der Waals surface area contributed by atoms with Gasteiger partial charge in [-0.1, -0.05) is 66.4 Å². The van der Waals surface area contributed by atoms with Crippen LogP contribution < -0.4 is 5.32 Å². The number of amidine groups is 2. The predicted molar refractivity (Wildman–Crippen MR) is 129 cm³/mol. The fraction of sp³-hybridized carbons (Fsp3) is 0.120. The number of fused-ring (bicyclic) bond motifs is 3. The second-order valence-electron chi connectivity index (χ2n) is 7.73. The van der Waals surface area contributed by atoms with E-state index in [-0.39, 0.29) is 22.5 Å². The average Bonchev–Trinajstić information content (AvgIpc) is 3.20. The maximum atomic E-state index is 13.3. The van der Waals surface area contributed by atoms with Gasteiger partial charge in [-0.2, -0.15) is 13.2 Å². The molecular formula is C25H17F3N4O2S. The molecule has 0 radical (unpaired) electrons. The van der Waals surface area contributed by atoms with Crippen molar-refractivity contribution in [3.05, 3.63) is 95.6 Å². The highest BCUT2D eigenvalue weighted by Gasteiger charge is 2.42. The molecule has 0 bridgehead atoms. The summed E-state index contributed by atoms with van der Waals surface area (Å²) in [5.41, 5.74) is 0.742. The summed E-state index contributed by atoms with van der Waals surface area (Å²) in [6.45, 7) is 0. The highest BCUT2D eigenvalue weighted by molar-refractivity contribution is 8.14. The van der Waals surface area contributed by atoms with Gasteiger partial charge in [-0.3, -0.25) is 9.59 Å². The molecule has 2 aliphatic rings. The Hall–Kier alpha value is -3.92. The third kappa shape index (κ3) is 4.44. The molecule has 3 aromatic carbocycles. The maximum Gasteiger partial charge on any atom is 0.418 e. The predicted octanol–water partition coefficient (Wildman–Crippen LogP) is 5.41. The summed E-state index contributed by atoms with van der Waals surface area (Å²) in [6.07, 6.45) is -4.60. The molecular weight excluding hydrogens is 477 g/mol. The van der Waals surface area contributed by atoms with Gasteiger partial charge in [0.2, 0.25) is 5.91 Å². The lowest BCUT2D eigenvalue weighted by atomic mass is 10.1. The van der Waals surface area contributed by atoms with E-state index in [0.29, 0.717) is 17.1 Å². The van der Waals surface area contributed by atoms with Crippen molar-refractivity contribution in [1.82, 2.24) is 4.90 Å². The van der Waals surface area contributed by atoms with Crippen LogP contribution in [0.2, 0.25) is 0 Å². The normalized spacial score (nSPS) is 16.8. The van der Waals surface area contributed by atoms with Crippen molar-refractivity contribution in [1.29, 1.82) is 0 Å². The molecule has 10 heteroatoms. The van der Waals surface area contributed by atoms with Gasteiger partial charge in [0, 0.05) is 5.56 Å². The first-order valence-electron chi connectivity index (χ1n) is 10.6. The van der Waals surface area contributed by atoms with Gasteiger partial charge in [-0.25, -0.2) is 14.9 Å². The number of para-hydroxylation sites is 2. The summed E-state index contributed by atoms with van der Waals surface area (Å²) in [5, 5.41) is 2.55. The van der Waals surface area contributed by atoms with E-state index < -0.39 is 23.7 Å². The number of carbonyl (C=O) groups is 2. The Kier molecular flexibility index (Phi) is 5.89. The average molecular weight is 494 g/mol. The van der Waals surface area contributed by atoms with Crippen LogP contribution in [0.5, 0.6) is 0 Å². The summed E-state index contributed by atoms with van der Waals surface area (Å²) >= 11 is 0.960. The van der Waals surface area contributed by atoms with Crippen molar-refractivity contribution in [3.63, 3.8) is 0 Å². The molecule has 6 nitrogen and oxygen atoms in total. The molecule has 0 spiro atoms. The Morgan fingerprint density at radius 2 is 1.66 bits per heavy atom. The first kappa shape index (κ1) is 22.9. The van der Waals surface area contributed by atoms with Gasteiger partial charge in [-0.05, 0) is 29.8 Å². The monoisotopic (exact) mass is 494 g/mol. The van der Waals surface area contributed by atoms with E-state index >= 15 is 0 Å². The second kappa shape index (κ2) is 9.03. The molecule has 2 aliphatic heterocycles. The van der Waals surface area contributed by atoms with Crippen molar-refractivity contribution in [2.45, 2.75) is 12.2 Å². The fourth-order valence-electron chi connectivity index (χ4n) is 3.85. The summed E-state index contributed by atoms with van der Waals surface area (Å²) in [5.74, 6) is -0.784. The van der Waals surface area contributed by atoms with Gasteiger partial charge in [0.05, 0.1) is 22.7 Å². The Morgan fingerprint density at radius 1 is 0.971 bits per heavy atom. The third-order valence-corrected chi connectivity index (χ3v) is 6.36. The lowest BCUT2D eigenvalue weighted by Gasteiger charge is -2.25. The fourth-order valence-corrected chi connectivity index (χ4v) is 4.66. The number of hydrogen-bond donors (Lipinski definition) is 1. The van der Waals surface area contributed by atoms with Crippen molar-refractivity contribution < 1.29 is 22.8 Å². The number of nitrogens with zero attached hydrogens (tertiary/aromatic N) is 3. The van der Waals surface area contributed by atoms with Crippen LogP contribution in [-0.2, 0) is 15.8 Å². The topological polar surface area (TPSA) is 74.1 Å². The lowest BCUT2D eigenvalue weighted by Crippen LogP contribution is -2.40. The number of anilines is 1. The molecule has 0 aliphatic carbocycles. The van der Waals surface area contributed by atoms with E-state index in [9.17, 15) is 22.8 Å². The molecule has 35 heavy (non-hydrogen) atoms. The number of benzene rings is 3. The molecule has 0 aromatic heterocycles. The molecule has 2 amide bonds. The Labute approximate surface area is 202 Å². The van der Waals surface area contributed by atoms with Gasteiger partial charge in [0.25, 0.3) is 5.91 Å². The number of halogens is 3. The number of rotatable bonds is 4. The van der Waals surface area contributed by atoms with E-state index in [1.54, 1.807) is 12.1 Å². The van der Waals surface area contributed by atoms with Crippen LogP contribution >= 0.6 is 11.8 Å². The first-order chi connectivity index (χ1) is 16.8. The van der Waals surface area contributed by atoms with Gasteiger partial charge >= 0.3 is 6.18 Å². The largest absolute Gasteiger partial charge is 0.418 e. The van der Waals surface area contributed by atoms with Crippen molar-refractivity contribution in [3.8, 4) is 0 Å². The van der Waals surface area contributed by atoms with Gasteiger partial charge in [0.1, 0.15) is 5.84 Å². The summed E-state index contributed by atoms with van der Waals surface area (Å²) in [6, 6.07) is 20.3. The zero-order valence-corrected chi connectivity index (χ0v) is 18.8. The van der Waals surface area contributed by atoms with Gasteiger partial charge in [-0.15, -0.1) is 0 Å². The van der Waals surface area contributed by atoms with E-state index in [0.717, 1.165) is 23.4 Å². The highest BCUT2D eigenvalue weighted by Crippen LogP contribution is 2.38. The van der Waals surface area contributed by atoms with Crippen LogP contribution in [-0.4, -0.2) is 33.5 Å². The van der Waals surface area contributed by atoms with E-state index in [4.69, 9.17) is 0 Å². The second-order valence-corrected chi connectivity index (χ2v) is 8.67. The van der Waals surface area contributed by atoms with Crippen LogP contribution in [0.3, 0.4) is 0 Å². The number of thioether (sulfide) groups is 1. The van der Waals surface area contributed by atoms with Crippen molar-refractivity contribution >= 4 is 46.0 Å². The smallest absolute Gasteiger partial charge is 0.325 e. The quantitative estimate of drug-likeness (QED) is 0.527. The zero-order chi connectivity index (χ0) is 24.6. The zero-order valence-electron chi connectivity index (χ0n) is 18.0. The van der Waals surface area contributed by atoms with E-state index in [1.165, 1.54) is 23.1 Å². The number of hydrogen-bond acceptors (Lipinski definition) is 5. The summed E-state index contributed by atoms with van der Waals surface area (Å²) in [4.78, 5) is 36.5. The van der Waals surface area contributed by atoms with Gasteiger partial charge < -0.3 is 5.32 Å². The Balaban J connectivity index is 1.39. The first-order valence-corrected chi connectivity index (χ1v) is 11.5. The van der Waals surface area contributed by atoms with E-state index in [1.807, 2.05) is 42.5 Å². The third-order valence-electron chi connectivity index (χ3n) is 5.42. The number of alkyl halides is 3. The number of amides is 2. The molecule has 5 rings (SSSR count). The number of carbonyl (C=O) groups excluding carboxylic acids is 2. The molecule has 3 aromatic rings. The summed E-state index contributed by atoms with van der Waals surface area (Å²) in [7, 11) is 0. The van der Waals surface area contributed by atoms with Crippen LogP contribution in [0.4, 0.5) is 24.5 Å². The van der Waals surface area contributed by atoms with Crippen LogP contribution in [0, 0.1) is 0 Å². The van der Waals surface area contributed by atoms with Crippen LogP contribution in [0.15, 0.2) is 88.8 Å². The summed E-state index contributed by atoms with van der Waals surface area (Å²) < 4.78 is 39.7. The van der Waals surface area contributed by atoms with Crippen LogP contribution in [0.1, 0.15) is 22.7 Å². The Bertz CT molecular complexity index is 1370. The molecule has 0 fully saturated rings. The highest BCUT2D eigenvalue weighted by atomic mass is 32.2. The lowest BCUT2D eigenvalue weighted by molar-refractivity contribution is -0.137. The van der Waals surface area contributed by atoms with Crippen molar-refractivity contribution in [2.75, 3.05) is 11.1 Å². The molecule has 0 saturated carbocycles. The molecule has 0 saturated heterocycles. The molecule has 2 heterocycles. The maximum absolute atomic E-state index is 13.3. The minimum absolute atomic E-state index is 0.241. The molecule has 1 N–H and O–H groups in total. The molecule has 176 valence electrons. The van der Waals surface area contributed by atoms with Gasteiger partial charge in [0.15, 0.2) is 11.2 Å². The van der Waals surface area contributed by atoms with E-state index in [2.05, 4.69) is 15.3 Å².